The molecule has 1 aromatic rings. The molecule has 0 saturated carbocycles. The minimum Gasteiger partial charge on any atom is -0.312 e. The Balaban J connectivity index is 1.57. The lowest BCUT2D eigenvalue weighted by atomic mass is 10.0. The summed E-state index contributed by atoms with van der Waals surface area (Å²) in [5.74, 6) is 1.04. The zero-order valence-electron chi connectivity index (χ0n) is 13.2. The molecule has 3 atom stereocenters. The maximum Gasteiger partial charge on any atom is 0.175 e. The fraction of sp³-hybridized carbons (Fsp3) is 0.600. The lowest BCUT2D eigenvalue weighted by molar-refractivity contribution is 0.302. The molecule has 23 heavy (non-hydrogen) atoms. The van der Waals surface area contributed by atoms with Gasteiger partial charge in [0.15, 0.2) is 9.84 Å². The largest absolute Gasteiger partial charge is 0.312 e. The quantitative estimate of drug-likeness (QED) is 0.587. The molecule has 1 aromatic carbocycles. The van der Waals surface area contributed by atoms with Crippen LogP contribution in [0, 0.1) is 0 Å². The van der Waals surface area contributed by atoms with Crippen molar-refractivity contribution in [1.82, 2.24) is 21.3 Å². The van der Waals surface area contributed by atoms with E-state index in [1.165, 1.54) is 6.26 Å². The molecule has 2 aliphatic heterocycles. The highest BCUT2D eigenvalue weighted by atomic mass is 32.2. The molecule has 0 spiro atoms. The monoisotopic (exact) mass is 356 g/mol. The van der Waals surface area contributed by atoms with Crippen LogP contribution in [0.2, 0.25) is 0 Å². The molecule has 0 amide bonds. The zero-order valence-corrected chi connectivity index (χ0v) is 14.8. The minimum absolute atomic E-state index is 0.184. The van der Waals surface area contributed by atoms with Gasteiger partial charge in [0.25, 0.3) is 0 Å². The molecule has 2 aliphatic rings. The predicted molar refractivity (Wildman–Crippen MR) is 94.3 cm³/mol. The van der Waals surface area contributed by atoms with E-state index in [4.69, 9.17) is 0 Å². The Morgan fingerprint density at radius 2 is 1.96 bits per heavy atom. The predicted octanol–water partition coefficient (Wildman–Crippen LogP) is -0.0978. The zero-order chi connectivity index (χ0) is 16.3. The van der Waals surface area contributed by atoms with Gasteiger partial charge in [0.1, 0.15) is 0 Å². The first-order valence-corrected chi connectivity index (χ1v) is 10.8. The van der Waals surface area contributed by atoms with E-state index in [9.17, 15) is 8.42 Å². The van der Waals surface area contributed by atoms with Crippen molar-refractivity contribution >= 4 is 21.6 Å². The van der Waals surface area contributed by atoms with E-state index in [-0.39, 0.29) is 12.2 Å². The van der Waals surface area contributed by atoms with E-state index >= 15 is 0 Å². The molecule has 2 heterocycles. The Labute approximate surface area is 142 Å². The lowest BCUT2D eigenvalue weighted by Crippen LogP contribution is -2.57. The van der Waals surface area contributed by atoms with Crippen LogP contribution in [0.25, 0.3) is 0 Å². The highest BCUT2D eigenvalue weighted by Crippen LogP contribution is 2.18. The van der Waals surface area contributed by atoms with Gasteiger partial charge in [-0.2, -0.15) is 0 Å². The third kappa shape index (κ3) is 4.68. The lowest BCUT2D eigenvalue weighted by Gasteiger charge is -2.33. The maximum absolute atomic E-state index is 11.5. The molecular weight excluding hydrogens is 332 g/mol. The van der Waals surface area contributed by atoms with Gasteiger partial charge >= 0.3 is 0 Å². The number of sulfone groups is 1. The Kier molecular flexibility index (Phi) is 5.61. The van der Waals surface area contributed by atoms with Gasteiger partial charge in [-0.1, -0.05) is 12.1 Å². The van der Waals surface area contributed by atoms with Crippen molar-refractivity contribution < 1.29 is 8.42 Å². The summed E-state index contributed by atoms with van der Waals surface area (Å²) in [5.41, 5.74) is 1.10. The van der Waals surface area contributed by atoms with Gasteiger partial charge in [-0.3, -0.25) is 10.6 Å². The van der Waals surface area contributed by atoms with Crippen molar-refractivity contribution in [2.75, 3.05) is 38.3 Å². The topological polar surface area (TPSA) is 82.3 Å². The van der Waals surface area contributed by atoms with Crippen LogP contribution in [0.3, 0.4) is 0 Å². The number of thioether (sulfide) groups is 1. The molecule has 0 radical (unpaired) electrons. The van der Waals surface area contributed by atoms with E-state index in [0.717, 1.165) is 37.6 Å². The summed E-state index contributed by atoms with van der Waals surface area (Å²) in [7, 11) is -3.14. The Morgan fingerprint density at radius 1 is 1.17 bits per heavy atom. The second-order valence-corrected chi connectivity index (χ2v) is 9.37. The first-order chi connectivity index (χ1) is 11.0. The molecule has 3 rings (SSSR count). The smallest absolute Gasteiger partial charge is 0.175 e. The van der Waals surface area contributed by atoms with Gasteiger partial charge in [0.2, 0.25) is 0 Å². The summed E-state index contributed by atoms with van der Waals surface area (Å²) in [6.45, 7) is 3.78. The van der Waals surface area contributed by atoms with E-state index < -0.39 is 9.84 Å². The second kappa shape index (κ2) is 7.50. The molecule has 128 valence electrons. The van der Waals surface area contributed by atoms with Gasteiger partial charge in [-0.25, -0.2) is 8.42 Å². The fourth-order valence-corrected chi connectivity index (χ4v) is 4.44. The van der Waals surface area contributed by atoms with Crippen LogP contribution in [-0.4, -0.2) is 58.1 Å². The fourth-order valence-electron chi connectivity index (χ4n) is 2.89. The average Bonchev–Trinajstić information content (AvgIpc) is 3.06. The molecule has 6 nitrogen and oxygen atoms in total. The van der Waals surface area contributed by atoms with Crippen LogP contribution < -0.4 is 21.3 Å². The standard InChI is InChI=1S/C15H24N4O2S2/c1-23(20,21)13-4-2-11(3-5-13)14-8-16-9-15(19-14)18-7-12-6-17-10-22-12/h2-5,12,14-19H,6-10H2,1H3. The number of nitrogens with one attached hydrogen (secondary N) is 4. The Bertz CT molecular complexity index is 615. The van der Waals surface area contributed by atoms with Gasteiger partial charge < -0.3 is 10.6 Å². The van der Waals surface area contributed by atoms with Gasteiger partial charge in [-0.05, 0) is 17.7 Å². The SMILES string of the molecule is CS(=O)(=O)c1ccc(C2CNCC(NCC3CNCS3)N2)cc1. The molecule has 0 aliphatic carbocycles. The molecule has 3 unspecified atom stereocenters. The third-order valence-corrected chi connectivity index (χ3v) is 6.50. The number of hydrogen-bond acceptors (Lipinski definition) is 7. The van der Waals surface area contributed by atoms with Crippen molar-refractivity contribution in [3.63, 3.8) is 0 Å². The highest BCUT2D eigenvalue weighted by Gasteiger charge is 2.23. The Morgan fingerprint density at radius 3 is 2.61 bits per heavy atom. The van der Waals surface area contributed by atoms with E-state index in [0.29, 0.717) is 10.1 Å². The summed E-state index contributed by atoms with van der Waals surface area (Å²) >= 11 is 1.95. The number of rotatable bonds is 5. The number of piperazine rings is 1. The maximum atomic E-state index is 11.5. The molecule has 0 bridgehead atoms. The van der Waals surface area contributed by atoms with Crippen LogP contribution in [0.4, 0.5) is 0 Å². The molecular formula is C15H24N4O2S2. The van der Waals surface area contributed by atoms with Crippen molar-refractivity contribution in [3.8, 4) is 0 Å². The van der Waals surface area contributed by atoms with Gasteiger partial charge in [0.05, 0.1) is 11.1 Å². The summed E-state index contributed by atoms with van der Waals surface area (Å²) in [5, 5.41) is 14.6. The average molecular weight is 357 g/mol. The molecule has 8 heteroatoms. The molecule has 2 saturated heterocycles. The van der Waals surface area contributed by atoms with Crippen LogP contribution in [0.15, 0.2) is 29.2 Å². The number of hydrogen-bond donors (Lipinski definition) is 4. The van der Waals surface area contributed by atoms with Crippen molar-refractivity contribution in [1.29, 1.82) is 0 Å². The normalized spacial score (nSPS) is 28.8. The molecule has 0 aromatic heterocycles. The van der Waals surface area contributed by atoms with Crippen molar-refractivity contribution in [3.05, 3.63) is 29.8 Å². The van der Waals surface area contributed by atoms with Crippen LogP contribution in [0.5, 0.6) is 0 Å². The first-order valence-electron chi connectivity index (χ1n) is 7.85. The summed E-state index contributed by atoms with van der Waals surface area (Å²) in [6.07, 6.45) is 1.46. The van der Waals surface area contributed by atoms with Crippen LogP contribution in [0.1, 0.15) is 11.6 Å². The second-order valence-electron chi connectivity index (χ2n) is 6.07. The highest BCUT2D eigenvalue weighted by molar-refractivity contribution is 8.00. The van der Waals surface area contributed by atoms with Gasteiger partial charge in [-0.15, -0.1) is 11.8 Å². The first kappa shape index (κ1) is 17.2. The minimum atomic E-state index is -3.14. The van der Waals surface area contributed by atoms with E-state index in [1.54, 1.807) is 12.1 Å². The Hall–Kier alpha value is -0.640. The van der Waals surface area contributed by atoms with Crippen LogP contribution in [-0.2, 0) is 9.84 Å². The summed E-state index contributed by atoms with van der Waals surface area (Å²) < 4.78 is 23.1. The van der Waals surface area contributed by atoms with Crippen molar-refractivity contribution in [2.45, 2.75) is 22.4 Å². The van der Waals surface area contributed by atoms with Gasteiger partial charge in [0, 0.05) is 49.6 Å². The number of benzene rings is 1. The molecule has 4 N–H and O–H groups in total. The summed E-state index contributed by atoms with van der Waals surface area (Å²) in [4.78, 5) is 0.366. The third-order valence-electron chi connectivity index (χ3n) is 4.19. The van der Waals surface area contributed by atoms with E-state index in [2.05, 4.69) is 21.3 Å². The summed E-state index contributed by atoms with van der Waals surface area (Å²) in [6, 6.07) is 7.35. The van der Waals surface area contributed by atoms with E-state index in [1.807, 2.05) is 23.9 Å². The molecule has 2 fully saturated rings. The van der Waals surface area contributed by atoms with Crippen molar-refractivity contribution in [2.24, 2.45) is 0 Å². The van der Waals surface area contributed by atoms with Crippen LogP contribution >= 0.6 is 11.8 Å².